The van der Waals surface area contributed by atoms with Gasteiger partial charge in [0, 0.05) is 37.8 Å². The molecule has 0 saturated carbocycles. The van der Waals surface area contributed by atoms with Crippen molar-refractivity contribution in [1.29, 1.82) is 0 Å². The van der Waals surface area contributed by atoms with Crippen LogP contribution in [0, 0.1) is 11.7 Å². The lowest BCUT2D eigenvalue weighted by atomic mass is 10.1. The van der Waals surface area contributed by atoms with Crippen molar-refractivity contribution in [3.63, 3.8) is 0 Å². The highest BCUT2D eigenvalue weighted by molar-refractivity contribution is 5.95. The Hall–Kier alpha value is -3.24. The van der Waals surface area contributed by atoms with Crippen LogP contribution in [0.2, 0.25) is 0 Å². The number of halogens is 4. The van der Waals surface area contributed by atoms with E-state index in [2.05, 4.69) is 25.3 Å². The summed E-state index contributed by atoms with van der Waals surface area (Å²) in [6.07, 6.45) is -1.64. The van der Waals surface area contributed by atoms with E-state index < -0.39 is 30.4 Å². The summed E-state index contributed by atoms with van der Waals surface area (Å²) >= 11 is 0. The summed E-state index contributed by atoms with van der Waals surface area (Å²) in [5, 5.41) is 5.33. The maximum Gasteiger partial charge on any atom is 0.422 e. The lowest BCUT2D eigenvalue weighted by molar-refractivity contribution is -0.154. The molecule has 2 aromatic rings. The lowest BCUT2D eigenvalue weighted by Crippen LogP contribution is -2.30. The van der Waals surface area contributed by atoms with Gasteiger partial charge in [-0.2, -0.15) is 13.2 Å². The van der Waals surface area contributed by atoms with Gasteiger partial charge in [0.1, 0.15) is 0 Å². The number of carbonyl (C=O) groups excluding carboxylic acids is 2. The fraction of sp³-hybridized carbons (Fsp3) is 0.400. The zero-order valence-corrected chi connectivity index (χ0v) is 16.9. The second-order valence-electron chi connectivity index (χ2n) is 6.91. The van der Waals surface area contributed by atoms with Crippen LogP contribution in [-0.2, 0) is 17.8 Å². The van der Waals surface area contributed by atoms with Gasteiger partial charge < -0.3 is 15.4 Å². The fourth-order valence-corrected chi connectivity index (χ4v) is 2.45. The zero-order valence-electron chi connectivity index (χ0n) is 16.9. The third kappa shape index (κ3) is 7.83. The van der Waals surface area contributed by atoms with E-state index in [9.17, 15) is 27.2 Å². The molecule has 0 unspecified atom stereocenters. The molecule has 0 aromatic carbocycles. The van der Waals surface area contributed by atoms with Crippen molar-refractivity contribution >= 4 is 11.8 Å². The molecule has 0 spiro atoms. The SMILES string of the molecule is CC(C)C(=O)NCCc1ncccc1C(=O)NCc1cnc(OCC(F)(F)F)c(F)c1. The van der Waals surface area contributed by atoms with Crippen molar-refractivity contribution in [2.75, 3.05) is 13.2 Å². The number of hydrogen-bond acceptors (Lipinski definition) is 5. The monoisotopic (exact) mass is 442 g/mol. The van der Waals surface area contributed by atoms with Crippen molar-refractivity contribution in [2.24, 2.45) is 5.92 Å². The van der Waals surface area contributed by atoms with E-state index in [4.69, 9.17) is 0 Å². The largest absolute Gasteiger partial charge is 0.466 e. The molecule has 0 bridgehead atoms. The van der Waals surface area contributed by atoms with Gasteiger partial charge >= 0.3 is 6.18 Å². The van der Waals surface area contributed by atoms with Gasteiger partial charge in [-0.05, 0) is 23.8 Å². The van der Waals surface area contributed by atoms with Crippen LogP contribution < -0.4 is 15.4 Å². The maximum atomic E-state index is 13.9. The van der Waals surface area contributed by atoms with E-state index in [0.29, 0.717) is 24.2 Å². The number of carbonyl (C=O) groups is 2. The number of amides is 2. The summed E-state index contributed by atoms with van der Waals surface area (Å²) in [6, 6.07) is 4.08. The van der Waals surface area contributed by atoms with Crippen molar-refractivity contribution < 1.29 is 31.9 Å². The third-order valence-corrected chi connectivity index (χ3v) is 4.01. The van der Waals surface area contributed by atoms with Gasteiger partial charge in [0.25, 0.3) is 11.8 Å². The minimum atomic E-state index is -4.61. The summed E-state index contributed by atoms with van der Waals surface area (Å²) in [5.41, 5.74) is 1.00. The summed E-state index contributed by atoms with van der Waals surface area (Å²) in [4.78, 5) is 31.8. The van der Waals surface area contributed by atoms with E-state index in [0.717, 1.165) is 12.3 Å². The molecule has 2 amide bonds. The van der Waals surface area contributed by atoms with Crippen LogP contribution in [-0.4, -0.2) is 41.1 Å². The molecule has 0 atom stereocenters. The van der Waals surface area contributed by atoms with Crippen LogP contribution in [0.5, 0.6) is 5.88 Å². The molecule has 0 radical (unpaired) electrons. The minimum absolute atomic E-state index is 0.110. The van der Waals surface area contributed by atoms with E-state index >= 15 is 0 Å². The molecule has 0 fully saturated rings. The van der Waals surface area contributed by atoms with Crippen LogP contribution in [0.25, 0.3) is 0 Å². The molecule has 0 aliphatic carbocycles. The summed E-state index contributed by atoms with van der Waals surface area (Å²) in [5.74, 6) is -2.59. The van der Waals surface area contributed by atoms with Crippen molar-refractivity contribution in [3.05, 3.63) is 53.2 Å². The average Bonchev–Trinajstić information content (AvgIpc) is 2.70. The molecule has 2 aromatic heterocycles. The summed E-state index contributed by atoms with van der Waals surface area (Å²) in [7, 11) is 0. The summed E-state index contributed by atoms with van der Waals surface area (Å²) < 4.78 is 54.7. The first-order valence-electron chi connectivity index (χ1n) is 9.40. The Kier molecular flexibility index (Phi) is 8.29. The first-order valence-corrected chi connectivity index (χ1v) is 9.40. The standard InChI is InChI=1S/C20H22F4N4O3/c1-12(2)17(29)26-7-5-16-14(4-3-6-25-16)18(30)27-9-13-8-15(21)19(28-10-13)31-11-20(22,23)24/h3-4,6,8,10,12H,5,7,9,11H2,1-2H3,(H,26,29)(H,27,30). The van der Waals surface area contributed by atoms with E-state index in [1.807, 2.05) is 0 Å². The highest BCUT2D eigenvalue weighted by atomic mass is 19.4. The Bertz CT molecular complexity index is 920. The number of rotatable bonds is 9. The second-order valence-corrected chi connectivity index (χ2v) is 6.91. The normalized spacial score (nSPS) is 11.3. The number of alkyl halides is 3. The molecule has 7 nitrogen and oxygen atoms in total. The molecule has 168 valence electrons. The fourth-order valence-electron chi connectivity index (χ4n) is 2.45. The van der Waals surface area contributed by atoms with Gasteiger partial charge in [0.2, 0.25) is 5.91 Å². The van der Waals surface area contributed by atoms with E-state index in [1.54, 1.807) is 26.0 Å². The molecular formula is C20H22F4N4O3. The predicted molar refractivity (Wildman–Crippen MR) is 103 cm³/mol. The average molecular weight is 442 g/mol. The molecule has 0 aliphatic heterocycles. The zero-order chi connectivity index (χ0) is 23.0. The molecular weight excluding hydrogens is 420 g/mol. The molecule has 31 heavy (non-hydrogen) atoms. The van der Waals surface area contributed by atoms with Crippen molar-refractivity contribution in [1.82, 2.24) is 20.6 Å². The number of aromatic nitrogens is 2. The Balaban J connectivity index is 1.95. The van der Waals surface area contributed by atoms with Gasteiger partial charge in [-0.15, -0.1) is 0 Å². The molecule has 0 saturated heterocycles. The number of hydrogen-bond donors (Lipinski definition) is 2. The van der Waals surface area contributed by atoms with Gasteiger partial charge in [-0.1, -0.05) is 13.8 Å². The molecule has 0 aliphatic rings. The van der Waals surface area contributed by atoms with Crippen molar-refractivity contribution in [3.8, 4) is 5.88 Å². The molecule has 2 rings (SSSR count). The quantitative estimate of drug-likeness (QED) is 0.583. The first-order chi connectivity index (χ1) is 14.6. The Morgan fingerprint density at radius 1 is 1.19 bits per heavy atom. The predicted octanol–water partition coefficient (Wildman–Crippen LogP) is 2.80. The van der Waals surface area contributed by atoms with E-state index in [-0.39, 0.29) is 23.9 Å². The van der Waals surface area contributed by atoms with Crippen LogP contribution in [0.4, 0.5) is 17.6 Å². The van der Waals surface area contributed by atoms with Crippen LogP contribution in [0.15, 0.2) is 30.6 Å². The first kappa shape index (κ1) is 24.0. The number of nitrogens with zero attached hydrogens (tertiary/aromatic N) is 2. The van der Waals surface area contributed by atoms with Crippen LogP contribution >= 0.6 is 0 Å². The molecule has 2 heterocycles. The van der Waals surface area contributed by atoms with Crippen molar-refractivity contribution in [2.45, 2.75) is 33.0 Å². The second kappa shape index (κ2) is 10.7. The van der Waals surface area contributed by atoms with E-state index in [1.165, 1.54) is 6.20 Å². The maximum absolute atomic E-state index is 13.9. The van der Waals surface area contributed by atoms with Gasteiger partial charge in [-0.25, -0.2) is 9.37 Å². The van der Waals surface area contributed by atoms with Crippen LogP contribution in [0.1, 0.15) is 35.5 Å². The van der Waals surface area contributed by atoms with Gasteiger partial charge in [-0.3, -0.25) is 14.6 Å². The topological polar surface area (TPSA) is 93.2 Å². The molecule has 2 N–H and O–H groups in total. The Labute approximate surface area is 176 Å². The summed E-state index contributed by atoms with van der Waals surface area (Å²) in [6.45, 7) is 2.07. The number of nitrogens with one attached hydrogen (secondary N) is 2. The van der Waals surface area contributed by atoms with Gasteiger partial charge in [0.05, 0.1) is 11.3 Å². The van der Waals surface area contributed by atoms with Gasteiger partial charge in [0.15, 0.2) is 12.4 Å². The third-order valence-electron chi connectivity index (χ3n) is 4.01. The number of ether oxygens (including phenoxy) is 1. The Morgan fingerprint density at radius 2 is 1.94 bits per heavy atom. The minimum Gasteiger partial charge on any atom is -0.466 e. The highest BCUT2D eigenvalue weighted by Gasteiger charge is 2.29. The number of pyridine rings is 2. The lowest BCUT2D eigenvalue weighted by Gasteiger charge is -2.12. The van der Waals surface area contributed by atoms with Crippen LogP contribution in [0.3, 0.4) is 0 Å². The molecule has 11 heteroatoms. The smallest absolute Gasteiger partial charge is 0.422 e. The highest BCUT2D eigenvalue weighted by Crippen LogP contribution is 2.20. The Morgan fingerprint density at radius 3 is 2.58 bits per heavy atom.